The number of nitrogens with zero attached hydrogens (tertiary/aromatic N) is 3. The van der Waals surface area contributed by atoms with Crippen molar-refractivity contribution in [3.05, 3.63) is 35.4 Å². The smallest absolute Gasteiger partial charge is 0.131 e. The molecule has 1 aromatic carbocycles. The topological polar surface area (TPSA) is 26.8 Å². The first-order chi connectivity index (χ1) is 11.1. The Kier molecular flexibility index (Phi) is 7.95. The first kappa shape index (κ1) is 18.8. The van der Waals surface area contributed by atoms with Gasteiger partial charge in [-0.1, -0.05) is 46.9 Å². The van der Waals surface area contributed by atoms with Crippen molar-refractivity contribution in [1.29, 1.82) is 0 Å². The van der Waals surface area contributed by atoms with E-state index >= 15 is 0 Å². The molecule has 128 valence electrons. The van der Waals surface area contributed by atoms with Crippen molar-refractivity contribution < 1.29 is 4.79 Å². The van der Waals surface area contributed by atoms with Gasteiger partial charge in [0.15, 0.2) is 0 Å². The van der Waals surface area contributed by atoms with Gasteiger partial charge in [-0.05, 0) is 25.1 Å². The summed E-state index contributed by atoms with van der Waals surface area (Å²) in [5, 5.41) is 0. The summed E-state index contributed by atoms with van der Waals surface area (Å²) in [4.78, 5) is 18.3. The number of benzene rings is 1. The van der Waals surface area contributed by atoms with Crippen LogP contribution in [0.3, 0.4) is 0 Å². The lowest BCUT2D eigenvalue weighted by Crippen LogP contribution is -2.45. The molecule has 0 spiro atoms. The highest BCUT2D eigenvalue weighted by Gasteiger charge is 2.15. The number of Topliss-reactive ketones (excluding diaryl/α,β-unsaturated/α-hetero) is 1. The highest BCUT2D eigenvalue weighted by atomic mass is 127. The van der Waals surface area contributed by atoms with E-state index < -0.39 is 0 Å². The SMILES string of the molecule is CC(=O)CCN(C)Cc1ccc(CN2CCN(CI)CC2)cc1. The van der Waals surface area contributed by atoms with E-state index in [4.69, 9.17) is 0 Å². The molecule has 4 nitrogen and oxygen atoms in total. The van der Waals surface area contributed by atoms with Crippen molar-refractivity contribution in [3.63, 3.8) is 0 Å². The number of hydrogen-bond acceptors (Lipinski definition) is 4. The van der Waals surface area contributed by atoms with Crippen LogP contribution in [-0.2, 0) is 17.9 Å². The number of piperazine rings is 1. The van der Waals surface area contributed by atoms with Crippen molar-refractivity contribution in [2.75, 3.05) is 44.3 Å². The van der Waals surface area contributed by atoms with Crippen molar-refractivity contribution >= 4 is 28.4 Å². The summed E-state index contributed by atoms with van der Waals surface area (Å²) in [6, 6.07) is 8.94. The Balaban J connectivity index is 1.77. The number of alkyl halides is 1. The Morgan fingerprint density at radius 1 is 1.09 bits per heavy atom. The highest BCUT2D eigenvalue weighted by Crippen LogP contribution is 2.12. The number of rotatable bonds is 8. The minimum Gasteiger partial charge on any atom is -0.302 e. The Hall–Kier alpha value is -0.500. The van der Waals surface area contributed by atoms with Crippen LogP contribution < -0.4 is 0 Å². The Morgan fingerprint density at radius 2 is 1.65 bits per heavy atom. The fourth-order valence-corrected chi connectivity index (χ4v) is 3.50. The molecule has 0 aliphatic carbocycles. The van der Waals surface area contributed by atoms with Crippen LogP contribution in [0.25, 0.3) is 0 Å². The molecule has 1 heterocycles. The third kappa shape index (κ3) is 6.87. The molecule has 0 atom stereocenters. The van der Waals surface area contributed by atoms with E-state index in [1.54, 1.807) is 6.92 Å². The van der Waals surface area contributed by atoms with Crippen molar-refractivity contribution in [2.24, 2.45) is 0 Å². The van der Waals surface area contributed by atoms with Crippen LogP contribution in [-0.4, -0.2) is 64.8 Å². The van der Waals surface area contributed by atoms with Gasteiger partial charge in [0.25, 0.3) is 0 Å². The van der Waals surface area contributed by atoms with E-state index in [1.807, 2.05) is 0 Å². The Bertz CT molecular complexity index is 484. The predicted molar refractivity (Wildman–Crippen MR) is 104 cm³/mol. The van der Waals surface area contributed by atoms with Crippen LogP contribution in [0.15, 0.2) is 24.3 Å². The minimum atomic E-state index is 0.259. The molecule has 0 N–H and O–H groups in total. The zero-order chi connectivity index (χ0) is 16.7. The summed E-state index contributed by atoms with van der Waals surface area (Å²) in [6.07, 6.45) is 0.637. The van der Waals surface area contributed by atoms with Gasteiger partial charge in [-0.25, -0.2) is 0 Å². The van der Waals surface area contributed by atoms with Crippen LogP contribution in [0.2, 0.25) is 0 Å². The number of carbonyl (C=O) groups excluding carboxylic acids is 1. The normalized spacial score (nSPS) is 16.9. The molecule has 0 bridgehead atoms. The first-order valence-corrected chi connectivity index (χ1v) is 9.86. The van der Waals surface area contributed by atoms with E-state index in [2.05, 4.69) is 68.6 Å². The molecule has 0 amide bonds. The largest absolute Gasteiger partial charge is 0.302 e. The molecule has 1 saturated heterocycles. The maximum atomic E-state index is 11.0. The molecular formula is C18H28IN3O. The maximum Gasteiger partial charge on any atom is 0.131 e. The summed E-state index contributed by atoms with van der Waals surface area (Å²) in [6.45, 7) is 9.14. The van der Waals surface area contributed by atoms with Crippen LogP contribution >= 0.6 is 22.6 Å². The van der Waals surface area contributed by atoms with Gasteiger partial charge in [0.2, 0.25) is 0 Å². The van der Waals surface area contributed by atoms with Gasteiger partial charge in [0.05, 0.1) is 4.55 Å². The standard InChI is InChI=1S/C18H28IN3O/c1-16(23)7-8-20(2)13-17-3-5-18(6-4-17)14-21-9-11-22(15-19)12-10-21/h3-6H,7-15H2,1-2H3. The minimum absolute atomic E-state index is 0.259. The van der Waals surface area contributed by atoms with Gasteiger partial charge in [-0.3, -0.25) is 14.6 Å². The second kappa shape index (κ2) is 9.71. The molecule has 0 saturated carbocycles. The van der Waals surface area contributed by atoms with E-state index in [0.29, 0.717) is 6.42 Å². The summed E-state index contributed by atoms with van der Waals surface area (Å²) in [5.41, 5.74) is 2.71. The van der Waals surface area contributed by atoms with E-state index in [-0.39, 0.29) is 5.78 Å². The number of ketones is 1. The second-order valence-corrected chi connectivity index (χ2v) is 7.20. The van der Waals surface area contributed by atoms with Gasteiger partial charge < -0.3 is 4.90 Å². The molecule has 0 radical (unpaired) electrons. The summed E-state index contributed by atoms with van der Waals surface area (Å²) in [5.74, 6) is 0.259. The van der Waals surface area contributed by atoms with Crippen LogP contribution in [0.5, 0.6) is 0 Å². The third-order valence-electron chi connectivity index (χ3n) is 4.36. The molecule has 1 aliphatic rings. The molecule has 0 unspecified atom stereocenters. The van der Waals surface area contributed by atoms with Gasteiger partial charge in [-0.15, -0.1) is 0 Å². The molecule has 2 rings (SSSR count). The zero-order valence-electron chi connectivity index (χ0n) is 14.3. The lowest BCUT2D eigenvalue weighted by atomic mass is 10.1. The Labute approximate surface area is 154 Å². The molecule has 5 heteroatoms. The van der Waals surface area contributed by atoms with Crippen molar-refractivity contribution in [3.8, 4) is 0 Å². The van der Waals surface area contributed by atoms with Crippen molar-refractivity contribution in [2.45, 2.75) is 26.4 Å². The average molecular weight is 429 g/mol. The first-order valence-electron chi connectivity index (χ1n) is 8.33. The van der Waals surface area contributed by atoms with Crippen molar-refractivity contribution in [1.82, 2.24) is 14.7 Å². The molecule has 1 aliphatic heterocycles. The average Bonchev–Trinajstić information content (AvgIpc) is 2.55. The van der Waals surface area contributed by atoms with Gasteiger partial charge in [-0.2, -0.15) is 0 Å². The molecule has 23 heavy (non-hydrogen) atoms. The lowest BCUT2D eigenvalue weighted by molar-refractivity contribution is -0.117. The van der Waals surface area contributed by atoms with E-state index in [1.165, 1.54) is 37.3 Å². The summed E-state index contributed by atoms with van der Waals surface area (Å²) < 4.78 is 1.14. The summed E-state index contributed by atoms with van der Waals surface area (Å²) in [7, 11) is 2.07. The molecule has 1 aromatic rings. The van der Waals surface area contributed by atoms with Crippen LogP contribution in [0.4, 0.5) is 0 Å². The molecular weight excluding hydrogens is 401 g/mol. The highest BCUT2D eigenvalue weighted by molar-refractivity contribution is 14.1. The van der Waals surface area contributed by atoms with Gasteiger partial charge in [0.1, 0.15) is 5.78 Å². The van der Waals surface area contributed by atoms with Gasteiger partial charge in [0, 0.05) is 52.2 Å². The Morgan fingerprint density at radius 3 is 2.22 bits per heavy atom. The number of halogens is 1. The quantitative estimate of drug-likeness (QED) is 0.361. The predicted octanol–water partition coefficient (Wildman–Crippen LogP) is 2.61. The molecule has 0 aromatic heterocycles. The van der Waals surface area contributed by atoms with E-state index in [0.717, 1.165) is 24.2 Å². The second-order valence-electron chi connectivity index (χ2n) is 6.52. The summed E-state index contributed by atoms with van der Waals surface area (Å²) >= 11 is 2.44. The molecule has 1 fully saturated rings. The number of carbonyl (C=O) groups is 1. The van der Waals surface area contributed by atoms with Crippen LogP contribution in [0.1, 0.15) is 24.5 Å². The van der Waals surface area contributed by atoms with Gasteiger partial charge >= 0.3 is 0 Å². The number of hydrogen-bond donors (Lipinski definition) is 0. The zero-order valence-corrected chi connectivity index (χ0v) is 16.5. The maximum absolute atomic E-state index is 11.0. The van der Waals surface area contributed by atoms with Crippen LogP contribution in [0, 0.1) is 0 Å². The fraction of sp³-hybridized carbons (Fsp3) is 0.611. The fourth-order valence-electron chi connectivity index (χ4n) is 2.81. The lowest BCUT2D eigenvalue weighted by Gasteiger charge is -2.33. The third-order valence-corrected chi connectivity index (χ3v) is 5.33. The van der Waals surface area contributed by atoms with E-state index in [9.17, 15) is 4.79 Å². The monoisotopic (exact) mass is 429 g/mol.